The van der Waals surface area contributed by atoms with Gasteiger partial charge in [-0.3, -0.25) is 9.36 Å². The second-order valence-electron chi connectivity index (χ2n) is 16.8. The number of nitrogens with zero attached hydrogens (tertiary/aromatic N) is 1. The quantitative estimate of drug-likeness (QED) is 0.0277. The minimum absolute atomic E-state index is 0.000424. The van der Waals surface area contributed by atoms with E-state index in [-0.39, 0.29) is 19.1 Å². The Balaban J connectivity index is 4.29. The van der Waals surface area contributed by atoms with Gasteiger partial charge >= 0.3 is 0 Å². The van der Waals surface area contributed by atoms with Crippen molar-refractivity contribution in [3.05, 3.63) is 24.3 Å². The first-order valence-electron chi connectivity index (χ1n) is 22.7. The second kappa shape index (κ2) is 37.6. The molecule has 3 unspecified atom stereocenters. The largest absolute Gasteiger partial charge is 0.756 e. The van der Waals surface area contributed by atoms with Gasteiger partial charge in [-0.25, -0.2) is 0 Å². The zero-order valence-electron chi connectivity index (χ0n) is 36.2. The van der Waals surface area contributed by atoms with Crippen molar-refractivity contribution in [2.75, 3.05) is 40.9 Å². The summed E-state index contributed by atoms with van der Waals surface area (Å²) in [5.74, 6) is -0.200. The maximum atomic E-state index is 12.8. The molecule has 0 spiro atoms. The maximum absolute atomic E-state index is 12.8. The van der Waals surface area contributed by atoms with E-state index in [4.69, 9.17) is 9.05 Å². The van der Waals surface area contributed by atoms with Crippen LogP contribution < -0.4 is 10.2 Å². The Morgan fingerprint density at radius 2 is 1.02 bits per heavy atom. The summed E-state index contributed by atoms with van der Waals surface area (Å²) in [5.41, 5.74) is 0. The van der Waals surface area contributed by atoms with E-state index in [9.17, 15) is 19.4 Å². The predicted molar refractivity (Wildman–Crippen MR) is 228 cm³/mol. The van der Waals surface area contributed by atoms with E-state index in [0.717, 1.165) is 38.5 Å². The lowest BCUT2D eigenvalue weighted by molar-refractivity contribution is -0.870. The number of hydrogen-bond acceptors (Lipinski definition) is 6. The summed E-state index contributed by atoms with van der Waals surface area (Å²) in [6.07, 6.45) is 43.7. The van der Waals surface area contributed by atoms with Crippen LogP contribution in [0.1, 0.15) is 206 Å². The highest BCUT2D eigenvalue weighted by Crippen LogP contribution is 2.38. The SMILES string of the molecule is CCCCCCCCCC/C=C\CCCCCCCCCCCC(=O)NC(COP(=O)([O-])OCC[N+](C)(C)C)C(O)/C=C/CCCCCCCCCCC. The number of amides is 1. The Morgan fingerprint density at radius 3 is 1.44 bits per heavy atom. The van der Waals surface area contributed by atoms with Gasteiger partial charge in [-0.2, -0.15) is 0 Å². The first-order valence-corrected chi connectivity index (χ1v) is 24.2. The molecular formula is C45H89N2O6P. The highest BCUT2D eigenvalue weighted by atomic mass is 31.2. The van der Waals surface area contributed by atoms with Crippen molar-refractivity contribution >= 4 is 13.7 Å². The van der Waals surface area contributed by atoms with Gasteiger partial charge in [0.1, 0.15) is 13.2 Å². The molecule has 0 radical (unpaired) electrons. The van der Waals surface area contributed by atoms with Crippen molar-refractivity contribution in [1.82, 2.24) is 5.32 Å². The fourth-order valence-corrected chi connectivity index (χ4v) is 7.22. The lowest BCUT2D eigenvalue weighted by Crippen LogP contribution is -2.45. The third kappa shape index (κ3) is 39.2. The number of carbonyl (C=O) groups excluding carboxylic acids is 1. The number of aliphatic hydroxyl groups is 1. The monoisotopic (exact) mass is 785 g/mol. The van der Waals surface area contributed by atoms with Crippen LogP contribution in [0.2, 0.25) is 0 Å². The van der Waals surface area contributed by atoms with Gasteiger partial charge in [0.05, 0.1) is 39.9 Å². The molecule has 0 fully saturated rings. The number of carbonyl (C=O) groups is 1. The molecule has 0 rings (SSSR count). The Morgan fingerprint density at radius 1 is 0.630 bits per heavy atom. The van der Waals surface area contributed by atoms with Crippen molar-refractivity contribution in [3.8, 4) is 0 Å². The van der Waals surface area contributed by atoms with E-state index in [1.165, 1.54) is 148 Å². The number of phosphoric ester groups is 1. The molecule has 0 heterocycles. The number of phosphoric acid groups is 1. The van der Waals surface area contributed by atoms with Crippen molar-refractivity contribution in [2.24, 2.45) is 0 Å². The zero-order valence-corrected chi connectivity index (χ0v) is 37.1. The first-order chi connectivity index (χ1) is 26.0. The summed E-state index contributed by atoms with van der Waals surface area (Å²) in [6, 6.07) is -0.883. The Bertz CT molecular complexity index is 938. The summed E-state index contributed by atoms with van der Waals surface area (Å²) >= 11 is 0. The average molecular weight is 785 g/mol. The molecule has 320 valence electrons. The number of rotatable bonds is 41. The summed E-state index contributed by atoms with van der Waals surface area (Å²) in [5, 5.41) is 13.7. The van der Waals surface area contributed by atoms with Crippen LogP contribution in [0.5, 0.6) is 0 Å². The molecule has 1 amide bonds. The van der Waals surface area contributed by atoms with Crippen molar-refractivity contribution in [3.63, 3.8) is 0 Å². The topological polar surface area (TPSA) is 108 Å². The van der Waals surface area contributed by atoms with Gasteiger partial charge in [-0.05, 0) is 44.9 Å². The molecule has 0 aliphatic heterocycles. The molecule has 0 saturated heterocycles. The first kappa shape index (κ1) is 53.0. The van der Waals surface area contributed by atoms with Gasteiger partial charge in [0.15, 0.2) is 0 Å². The smallest absolute Gasteiger partial charge is 0.268 e. The highest BCUT2D eigenvalue weighted by Gasteiger charge is 2.23. The maximum Gasteiger partial charge on any atom is 0.268 e. The average Bonchev–Trinajstić information content (AvgIpc) is 3.12. The zero-order chi connectivity index (χ0) is 40.0. The van der Waals surface area contributed by atoms with Crippen LogP contribution in [-0.4, -0.2) is 68.5 Å². The molecule has 2 N–H and O–H groups in total. The van der Waals surface area contributed by atoms with Crippen LogP contribution in [0.4, 0.5) is 0 Å². The summed E-state index contributed by atoms with van der Waals surface area (Å²) in [4.78, 5) is 25.3. The van der Waals surface area contributed by atoms with E-state index in [1.807, 2.05) is 27.2 Å². The molecule has 0 aromatic heterocycles. The molecule has 0 saturated carbocycles. The van der Waals surface area contributed by atoms with Crippen molar-refractivity contribution in [2.45, 2.75) is 219 Å². The van der Waals surface area contributed by atoms with E-state index >= 15 is 0 Å². The number of likely N-dealkylation sites (N-methyl/N-ethyl adjacent to an activating group) is 1. The third-order valence-electron chi connectivity index (χ3n) is 10.2. The normalized spacial score (nSPS) is 14.6. The predicted octanol–water partition coefficient (Wildman–Crippen LogP) is 11.9. The van der Waals surface area contributed by atoms with E-state index in [2.05, 4.69) is 31.3 Å². The lowest BCUT2D eigenvalue weighted by atomic mass is 10.0. The minimum atomic E-state index is -4.58. The van der Waals surface area contributed by atoms with Gasteiger partial charge in [-0.15, -0.1) is 0 Å². The molecular weight excluding hydrogens is 695 g/mol. The minimum Gasteiger partial charge on any atom is -0.756 e. The van der Waals surface area contributed by atoms with Crippen LogP contribution in [0.15, 0.2) is 24.3 Å². The van der Waals surface area contributed by atoms with E-state index < -0.39 is 20.0 Å². The molecule has 0 aliphatic rings. The third-order valence-corrected chi connectivity index (χ3v) is 11.1. The van der Waals surface area contributed by atoms with Gasteiger partial charge in [-0.1, -0.05) is 179 Å². The standard InChI is InChI=1S/C45H89N2O6P/c1-6-8-10-12-14-16-18-19-20-21-22-23-24-25-26-27-29-31-33-35-37-39-45(49)46-43(42-53-54(50,51)52-41-40-47(3,4)5)44(48)38-36-34-32-30-28-17-15-13-11-9-7-2/h21-22,36,38,43-44,48H,6-20,23-35,37,39-42H2,1-5H3,(H-,46,49,50,51)/b22-21-,38-36+. The fourth-order valence-electron chi connectivity index (χ4n) is 6.50. The molecule has 9 heteroatoms. The summed E-state index contributed by atoms with van der Waals surface area (Å²) < 4.78 is 23.2. The Hall–Kier alpha value is -1.02. The van der Waals surface area contributed by atoms with E-state index in [0.29, 0.717) is 17.4 Å². The van der Waals surface area contributed by atoms with Crippen LogP contribution in [0, 0.1) is 0 Å². The lowest BCUT2D eigenvalue weighted by Gasteiger charge is -2.29. The number of aliphatic hydroxyl groups excluding tert-OH is 1. The van der Waals surface area contributed by atoms with Crippen molar-refractivity contribution in [1.29, 1.82) is 0 Å². The number of nitrogens with one attached hydrogen (secondary N) is 1. The number of quaternary nitrogens is 1. The molecule has 0 bridgehead atoms. The highest BCUT2D eigenvalue weighted by molar-refractivity contribution is 7.45. The number of allylic oxidation sites excluding steroid dienone is 3. The molecule has 54 heavy (non-hydrogen) atoms. The van der Waals surface area contributed by atoms with Crippen molar-refractivity contribution < 1.29 is 32.9 Å². The van der Waals surface area contributed by atoms with Gasteiger partial charge < -0.3 is 28.8 Å². The second-order valence-corrected chi connectivity index (χ2v) is 18.2. The fraction of sp³-hybridized carbons (Fsp3) is 0.889. The van der Waals surface area contributed by atoms with Gasteiger partial charge in [0, 0.05) is 6.42 Å². The van der Waals surface area contributed by atoms with Gasteiger partial charge in [0.2, 0.25) is 5.91 Å². The Kier molecular flexibility index (Phi) is 36.8. The Labute approximate surface area is 334 Å². The van der Waals surface area contributed by atoms with Crippen LogP contribution in [-0.2, 0) is 18.4 Å². The number of unbranched alkanes of at least 4 members (excludes halogenated alkanes) is 26. The molecule has 8 nitrogen and oxygen atoms in total. The molecule has 0 aliphatic carbocycles. The van der Waals surface area contributed by atoms with Crippen LogP contribution >= 0.6 is 7.82 Å². The van der Waals surface area contributed by atoms with E-state index in [1.54, 1.807) is 6.08 Å². The van der Waals surface area contributed by atoms with Gasteiger partial charge in [0.25, 0.3) is 7.82 Å². The molecule has 0 aromatic carbocycles. The number of hydrogen-bond donors (Lipinski definition) is 2. The summed E-state index contributed by atoms with van der Waals surface area (Å²) in [6.45, 7) is 4.63. The van der Waals surface area contributed by atoms with Crippen LogP contribution in [0.3, 0.4) is 0 Å². The molecule has 3 atom stereocenters. The molecule has 0 aromatic rings. The van der Waals surface area contributed by atoms with Crippen LogP contribution in [0.25, 0.3) is 0 Å². The summed E-state index contributed by atoms with van der Waals surface area (Å²) in [7, 11) is 1.26.